The minimum absolute atomic E-state index is 0.160. The van der Waals surface area contributed by atoms with Crippen LogP contribution < -0.4 is 0 Å². The van der Waals surface area contributed by atoms with Crippen LogP contribution in [0.2, 0.25) is 0 Å². The van der Waals surface area contributed by atoms with Crippen molar-refractivity contribution in [3.05, 3.63) is 0 Å². The standard InChI is InChI=1S/C4H10.C3H9O2P/c1-3-4-2;1-3(2)5-6-4/h3-4H2,1-2H3;3-4,6H,1-2H3. The summed E-state index contributed by atoms with van der Waals surface area (Å²) >= 11 is 0. The van der Waals surface area contributed by atoms with Crippen LogP contribution in [0, 0.1) is 0 Å². The van der Waals surface area contributed by atoms with E-state index in [0.29, 0.717) is 0 Å². The summed E-state index contributed by atoms with van der Waals surface area (Å²) in [6.07, 6.45) is 2.80. The summed E-state index contributed by atoms with van der Waals surface area (Å²) in [5.41, 5.74) is 0. The lowest BCUT2D eigenvalue weighted by molar-refractivity contribution is 0.254. The quantitative estimate of drug-likeness (QED) is 0.653. The monoisotopic (exact) mass is 166 g/mol. The number of unbranched alkanes of at least 4 members (excludes halogenated alkanes) is 1. The first-order chi connectivity index (χ1) is 4.68. The average Bonchev–Trinajstić information content (AvgIpc) is 1.89. The van der Waals surface area contributed by atoms with Crippen molar-refractivity contribution in [2.45, 2.75) is 46.6 Å². The molecular weight excluding hydrogens is 147 g/mol. The van der Waals surface area contributed by atoms with E-state index in [1.54, 1.807) is 0 Å². The lowest BCUT2D eigenvalue weighted by atomic mass is 10.4. The van der Waals surface area contributed by atoms with Gasteiger partial charge in [-0.1, -0.05) is 26.7 Å². The zero-order chi connectivity index (χ0) is 8.41. The molecule has 0 aliphatic rings. The molecule has 2 nitrogen and oxygen atoms in total. The molecular formula is C7H19O2P. The Kier molecular flexibility index (Phi) is 15.7. The fourth-order valence-electron chi connectivity index (χ4n) is 0.105. The number of rotatable bonds is 3. The minimum atomic E-state index is -0.362. The van der Waals surface area contributed by atoms with Crippen LogP contribution in [0.5, 0.6) is 0 Å². The van der Waals surface area contributed by atoms with Crippen molar-refractivity contribution in [2.24, 2.45) is 0 Å². The van der Waals surface area contributed by atoms with E-state index in [9.17, 15) is 0 Å². The first-order valence-corrected chi connectivity index (χ1v) is 4.59. The Morgan fingerprint density at radius 2 is 1.70 bits per heavy atom. The van der Waals surface area contributed by atoms with Crippen LogP contribution in [0.3, 0.4) is 0 Å². The molecule has 0 aliphatic heterocycles. The van der Waals surface area contributed by atoms with Crippen LogP contribution in [0.4, 0.5) is 0 Å². The fourth-order valence-corrected chi connectivity index (χ4v) is 0.316. The Balaban J connectivity index is 0. The maximum absolute atomic E-state index is 8.04. The Morgan fingerprint density at radius 3 is 1.70 bits per heavy atom. The predicted molar refractivity (Wildman–Crippen MR) is 47.3 cm³/mol. The van der Waals surface area contributed by atoms with Gasteiger partial charge in [-0.2, -0.15) is 0 Å². The molecule has 0 aromatic heterocycles. The Bertz CT molecular complexity index is 46.9. The molecule has 0 aliphatic carbocycles. The molecule has 0 heterocycles. The van der Waals surface area contributed by atoms with Gasteiger partial charge in [0.2, 0.25) is 0 Å². The Hall–Kier alpha value is 0.350. The van der Waals surface area contributed by atoms with E-state index in [4.69, 9.17) is 4.89 Å². The largest absolute Gasteiger partial charge is 0.352 e. The second-order valence-electron chi connectivity index (χ2n) is 2.26. The van der Waals surface area contributed by atoms with Gasteiger partial charge in [-0.05, 0) is 13.8 Å². The highest BCUT2D eigenvalue weighted by atomic mass is 31.1. The second-order valence-corrected chi connectivity index (χ2v) is 2.68. The third-order valence-electron chi connectivity index (χ3n) is 0.788. The predicted octanol–water partition coefficient (Wildman–Crippen LogP) is 2.72. The summed E-state index contributed by atoms with van der Waals surface area (Å²) in [7, 11) is -0.362. The van der Waals surface area contributed by atoms with Gasteiger partial charge in [-0.3, -0.25) is 0 Å². The van der Waals surface area contributed by atoms with Gasteiger partial charge in [-0.25, -0.2) is 0 Å². The molecule has 1 atom stereocenters. The summed E-state index contributed by atoms with van der Waals surface area (Å²) in [6.45, 7) is 8.12. The number of hydrogen-bond acceptors (Lipinski definition) is 2. The van der Waals surface area contributed by atoms with Crippen molar-refractivity contribution in [1.82, 2.24) is 0 Å². The molecule has 1 unspecified atom stereocenters. The molecule has 0 bridgehead atoms. The van der Waals surface area contributed by atoms with Crippen LogP contribution in [-0.4, -0.2) is 11.0 Å². The average molecular weight is 166 g/mol. The van der Waals surface area contributed by atoms with E-state index in [0.717, 1.165) is 0 Å². The molecule has 1 N–H and O–H groups in total. The van der Waals surface area contributed by atoms with E-state index >= 15 is 0 Å². The molecule has 64 valence electrons. The van der Waals surface area contributed by atoms with Crippen molar-refractivity contribution in [3.63, 3.8) is 0 Å². The van der Waals surface area contributed by atoms with Crippen LogP contribution in [0.15, 0.2) is 0 Å². The van der Waals surface area contributed by atoms with E-state index in [2.05, 4.69) is 18.4 Å². The second kappa shape index (κ2) is 12.1. The molecule has 0 aromatic carbocycles. The first kappa shape index (κ1) is 13.0. The molecule has 0 rings (SSSR count). The lowest BCUT2D eigenvalue weighted by Gasteiger charge is -1.98. The zero-order valence-corrected chi connectivity index (χ0v) is 8.35. The van der Waals surface area contributed by atoms with Gasteiger partial charge in [0.15, 0.2) is 9.03 Å². The highest BCUT2D eigenvalue weighted by Crippen LogP contribution is 2.06. The van der Waals surface area contributed by atoms with Crippen LogP contribution in [0.25, 0.3) is 0 Å². The summed E-state index contributed by atoms with van der Waals surface area (Å²) < 4.78 is 4.62. The smallest absolute Gasteiger partial charge is 0.152 e. The Morgan fingerprint density at radius 1 is 1.30 bits per heavy atom. The summed E-state index contributed by atoms with van der Waals surface area (Å²) in [5, 5.41) is 0. The molecule has 0 radical (unpaired) electrons. The number of hydrogen-bond donors (Lipinski definition) is 1. The third-order valence-corrected chi connectivity index (χ3v) is 1.37. The molecule has 0 amide bonds. The van der Waals surface area contributed by atoms with Crippen molar-refractivity contribution >= 4 is 9.03 Å². The normalized spacial score (nSPS) is 10.2. The third kappa shape index (κ3) is 23.8. The fraction of sp³-hybridized carbons (Fsp3) is 1.00. The van der Waals surface area contributed by atoms with E-state index in [1.807, 2.05) is 13.8 Å². The van der Waals surface area contributed by atoms with Gasteiger partial charge in [0.25, 0.3) is 0 Å². The SMILES string of the molecule is CC(C)OPO.CCCC. The molecule has 3 heteroatoms. The van der Waals surface area contributed by atoms with Gasteiger partial charge >= 0.3 is 0 Å². The molecule has 0 saturated carbocycles. The van der Waals surface area contributed by atoms with Gasteiger partial charge < -0.3 is 9.42 Å². The summed E-state index contributed by atoms with van der Waals surface area (Å²) in [4.78, 5) is 8.04. The van der Waals surface area contributed by atoms with Crippen molar-refractivity contribution in [2.75, 3.05) is 0 Å². The molecule has 0 fully saturated rings. The van der Waals surface area contributed by atoms with E-state index in [1.165, 1.54) is 12.8 Å². The highest BCUT2D eigenvalue weighted by Gasteiger charge is 1.85. The molecule has 0 saturated heterocycles. The topological polar surface area (TPSA) is 29.5 Å². The van der Waals surface area contributed by atoms with Crippen molar-refractivity contribution in [3.8, 4) is 0 Å². The first-order valence-electron chi connectivity index (χ1n) is 3.73. The van der Waals surface area contributed by atoms with Gasteiger partial charge in [0.05, 0.1) is 6.10 Å². The van der Waals surface area contributed by atoms with E-state index < -0.39 is 0 Å². The highest BCUT2D eigenvalue weighted by molar-refractivity contribution is 7.24. The molecule has 10 heavy (non-hydrogen) atoms. The summed E-state index contributed by atoms with van der Waals surface area (Å²) in [5.74, 6) is 0. The van der Waals surface area contributed by atoms with Crippen LogP contribution in [-0.2, 0) is 4.52 Å². The maximum Gasteiger partial charge on any atom is 0.152 e. The maximum atomic E-state index is 8.04. The van der Waals surface area contributed by atoms with Crippen LogP contribution in [0.1, 0.15) is 40.5 Å². The van der Waals surface area contributed by atoms with Gasteiger partial charge in [-0.15, -0.1) is 0 Å². The van der Waals surface area contributed by atoms with Gasteiger partial charge in [0, 0.05) is 0 Å². The van der Waals surface area contributed by atoms with E-state index in [-0.39, 0.29) is 15.1 Å². The van der Waals surface area contributed by atoms with Crippen molar-refractivity contribution < 1.29 is 9.42 Å². The molecule has 0 aromatic rings. The van der Waals surface area contributed by atoms with Crippen molar-refractivity contribution in [1.29, 1.82) is 0 Å². The zero-order valence-electron chi connectivity index (χ0n) is 7.35. The van der Waals surface area contributed by atoms with Gasteiger partial charge in [0.1, 0.15) is 0 Å². The Labute approximate surface area is 65.9 Å². The summed E-state index contributed by atoms with van der Waals surface area (Å²) in [6, 6.07) is 0. The lowest BCUT2D eigenvalue weighted by Crippen LogP contribution is -1.91. The van der Waals surface area contributed by atoms with Crippen LogP contribution >= 0.6 is 9.03 Å². The molecule has 0 spiro atoms. The minimum Gasteiger partial charge on any atom is -0.352 e.